The summed E-state index contributed by atoms with van der Waals surface area (Å²) in [6, 6.07) is 4.84. The van der Waals surface area contributed by atoms with E-state index in [1.165, 1.54) is 0 Å². The number of nitrogens with one attached hydrogen (secondary N) is 3. The van der Waals surface area contributed by atoms with Gasteiger partial charge in [0, 0.05) is 23.5 Å². The predicted molar refractivity (Wildman–Crippen MR) is 116 cm³/mol. The molecule has 0 aliphatic rings. The van der Waals surface area contributed by atoms with Crippen molar-refractivity contribution < 1.29 is 19.5 Å². The number of benzene rings is 1. The minimum absolute atomic E-state index is 0.122. The Kier molecular flexibility index (Phi) is 8.00. The van der Waals surface area contributed by atoms with Crippen molar-refractivity contribution in [1.82, 2.24) is 15.6 Å². The highest BCUT2D eigenvalue weighted by atomic mass is 16.4. The van der Waals surface area contributed by atoms with Gasteiger partial charge in [0.05, 0.1) is 6.04 Å². The molecule has 1 aromatic heterocycles. The summed E-state index contributed by atoms with van der Waals surface area (Å²) >= 11 is 0. The first kappa shape index (κ1) is 23.4. The molecule has 0 radical (unpaired) electrons. The first-order chi connectivity index (χ1) is 14.1. The van der Waals surface area contributed by atoms with Crippen LogP contribution in [0.15, 0.2) is 30.5 Å². The first-order valence-corrected chi connectivity index (χ1v) is 10.2. The summed E-state index contributed by atoms with van der Waals surface area (Å²) < 4.78 is 0. The summed E-state index contributed by atoms with van der Waals surface area (Å²) in [5, 5.41) is 15.8. The monoisotopic (exact) mass is 416 g/mol. The number of para-hydroxylation sites is 1. The van der Waals surface area contributed by atoms with Gasteiger partial charge in [-0.2, -0.15) is 0 Å². The van der Waals surface area contributed by atoms with Gasteiger partial charge in [-0.1, -0.05) is 45.9 Å². The lowest BCUT2D eigenvalue weighted by Gasteiger charge is -2.25. The number of hydrogen-bond donors (Lipinski definition) is 5. The number of hydrogen-bond acceptors (Lipinski definition) is 4. The van der Waals surface area contributed by atoms with Gasteiger partial charge in [0.2, 0.25) is 11.8 Å². The third-order valence-corrected chi connectivity index (χ3v) is 5.02. The molecule has 0 aliphatic carbocycles. The van der Waals surface area contributed by atoms with E-state index in [1.54, 1.807) is 20.0 Å². The molecule has 0 bridgehead atoms. The van der Waals surface area contributed by atoms with Gasteiger partial charge >= 0.3 is 5.97 Å². The van der Waals surface area contributed by atoms with Crippen LogP contribution in [0, 0.1) is 11.8 Å². The molecule has 6 N–H and O–H groups in total. The lowest BCUT2D eigenvalue weighted by atomic mass is 9.99. The standard InChI is InChI=1S/C22H32N4O4/c1-12(2)9-16(23)20(27)26-19(13(3)4)21(28)25-18(22(29)30)10-14-11-24-17-8-6-5-7-15(14)17/h5-8,11-13,16,18-19,24H,9-10,23H2,1-4H3,(H,25,28)(H,26,27)(H,29,30). The molecular weight excluding hydrogens is 384 g/mol. The normalized spacial score (nSPS) is 14.5. The number of H-pyrrole nitrogens is 1. The number of nitrogens with two attached hydrogens (primary N) is 1. The van der Waals surface area contributed by atoms with Crippen LogP contribution in [0.2, 0.25) is 0 Å². The van der Waals surface area contributed by atoms with Gasteiger partial charge in [0.1, 0.15) is 12.1 Å². The number of carboxylic acid groups (broad SMARTS) is 1. The Morgan fingerprint density at radius 2 is 1.73 bits per heavy atom. The first-order valence-electron chi connectivity index (χ1n) is 10.2. The molecule has 2 amide bonds. The number of aromatic nitrogens is 1. The number of fused-ring (bicyclic) bond motifs is 1. The van der Waals surface area contributed by atoms with Gasteiger partial charge in [-0.3, -0.25) is 9.59 Å². The fourth-order valence-electron chi connectivity index (χ4n) is 3.39. The summed E-state index contributed by atoms with van der Waals surface area (Å²) in [6.07, 6.45) is 2.37. The number of aliphatic carboxylic acids is 1. The highest BCUT2D eigenvalue weighted by Gasteiger charge is 2.30. The fourth-order valence-corrected chi connectivity index (χ4v) is 3.39. The summed E-state index contributed by atoms with van der Waals surface area (Å²) in [5.74, 6) is -2.09. The Balaban J connectivity index is 2.11. The van der Waals surface area contributed by atoms with E-state index in [9.17, 15) is 19.5 Å². The topological polar surface area (TPSA) is 137 Å². The van der Waals surface area contributed by atoms with E-state index < -0.39 is 35.9 Å². The quantitative estimate of drug-likeness (QED) is 0.402. The van der Waals surface area contributed by atoms with Crippen molar-refractivity contribution >= 4 is 28.7 Å². The van der Waals surface area contributed by atoms with E-state index in [-0.39, 0.29) is 18.3 Å². The van der Waals surface area contributed by atoms with Crippen LogP contribution < -0.4 is 16.4 Å². The molecule has 1 heterocycles. The zero-order chi connectivity index (χ0) is 22.4. The Morgan fingerprint density at radius 1 is 1.07 bits per heavy atom. The van der Waals surface area contributed by atoms with E-state index in [0.29, 0.717) is 6.42 Å². The zero-order valence-corrected chi connectivity index (χ0v) is 17.9. The molecule has 1 aromatic carbocycles. The largest absolute Gasteiger partial charge is 0.480 e. The Labute approximate surface area is 176 Å². The highest BCUT2D eigenvalue weighted by molar-refractivity contribution is 5.92. The number of rotatable bonds is 10. The van der Waals surface area contributed by atoms with Crippen molar-refractivity contribution in [2.45, 2.75) is 58.7 Å². The Morgan fingerprint density at radius 3 is 2.33 bits per heavy atom. The zero-order valence-electron chi connectivity index (χ0n) is 17.9. The highest BCUT2D eigenvalue weighted by Crippen LogP contribution is 2.19. The van der Waals surface area contributed by atoms with E-state index in [2.05, 4.69) is 15.6 Å². The molecule has 2 rings (SSSR count). The SMILES string of the molecule is CC(C)CC(N)C(=O)NC(C(=O)NC(Cc1c[nH]c2ccccc12)C(=O)O)C(C)C. The second-order valence-electron chi connectivity index (χ2n) is 8.43. The molecule has 164 valence electrons. The van der Waals surface area contributed by atoms with E-state index in [1.807, 2.05) is 38.1 Å². The van der Waals surface area contributed by atoms with Crippen molar-refractivity contribution in [3.05, 3.63) is 36.0 Å². The molecule has 2 aromatic rings. The molecule has 8 heteroatoms. The third-order valence-electron chi connectivity index (χ3n) is 5.02. The smallest absolute Gasteiger partial charge is 0.326 e. The van der Waals surface area contributed by atoms with Crippen LogP contribution in [0.3, 0.4) is 0 Å². The second kappa shape index (κ2) is 10.2. The van der Waals surface area contributed by atoms with E-state index >= 15 is 0 Å². The summed E-state index contributed by atoms with van der Waals surface area (Å²) in [6.45, 7) is 7.49. The number of amides is 2. The lowest BCUT2D eigenvalue weighted by molar-refractivity contribution is -0.142. The summed E-state index contributed by atoms with van der Waals surface area (Å²) in [4.78, 5) is 40.1. The van der Waals surface area contributed by atoms with Gasteiger partial charge in [0.25, 0.3) is 0 Å². The van der Waals surface area contributed by atoms with Crippen LogP contribution >= 0.6 is 0 Å². The van der Waals surface area contributed by atoms with Crippen LogP contribution in [0.1, 0.15) is 39.7 Å². The van der Waals surface area contributed by atoms with Crippen LogP contribution in [-0.2, 0) is 20.8 Å². The summed E-state index contributed by atoms with van der Waals surface area (Å²) in [7, 11) is 0. The molecule has 3 unspecified atom stereocenters. The molecule has 30 heavy (non-hydrogen) atoms. The molecule has 3 atom stereocenters. The molecule has 0 saturated carbocycles. The van der Waals surface area contributed by atoms with Gasteiger partial charge in [-0.25, -0.2) is 4.79 Å². The van der Waals surface area contributed by atoms with Crippen LogP contribution in [0.4, 0.5) is 0 Å². The molecule has 0 spiro atoms. The van der Waals surface area contributed by atoms with Crippen molar-refractivity contribution in [2.75, 3.05) is 0 Å². The maximum Gasteiger partial charge on any atom is 0.326 e. The van der Waals surface area contributed by atoms with E-state index in [0.717, 1.165) is 16.5 Å². The van der Waals surface area contributed by atoms with Crippen molar-refractivity contribution in [3.63, 3.8) is 0 Å². The number of carbonyl (C=O) groups is 3. The average Bonchev–Trinajstić information content (AvgIpc) is 3.07. The van der Waals surface area contributed by atoms with Crippen LogP contribution in [0.5, 0.6) is 0 Å². The minimum atomic E-state index is -1.14. The van der Waals surface area contributed by atoms with Gasteiger partial charge in [0.15, 0.2) is 0 Å². The van der Waals surface area contributed by atoms with Gasteiger partial charge < -0.3 is 26.5 Å². The van der Waals surface area contributed by atoms with Crippen LogP contribution in [-0.4, -0.2) is 46.0 Å². The van der Waals surface area contributed by atoms with Crippen molar-refractivity contribution in [2.24, 2.45) is 17.6 Å². The maximum atomic E-state index is 12.8. The summed E-state index contributed by atoms with van der Waals surface area (Å²) in [5.41, 5.74) is 7.61. The maximum absolute atomic E-state index is 12.8. The molecule has 8 nitrogen and oxygen atoms in total. The molecule has 0 saturated heterocycles. The van der Waals surface area contributed by atoms with Crippen molar-refractivity contribution in [3.8, 4) is 0 Å². The van der Waals surface area contributed by atoms with Gasteiger partial charge in [-0.05, 0) is 29.9 Å². The number of carboxylic acids is 1. The Bertz CT molecular complexity index is 890. The third kappa shape index (κ3) is 6.06. The van der Waals surface area contributed by atoms with E-state index in [4.69, 9.17) is 5.73 Å². The average molecular weight is 417 g/mol. The predicted octanol–water partition coefficient (Wildman–Crippen LogP) is 1.79. The molecule has 0 fully saturated rings. The van der Waals surface area contributed by atoms with Crippen molar-refractivity contribution in [1.29, 1.82) is 0 Å². The second-order valence-corrected chi connectivity index (χ2v) is 8.43. The fraction of sp³-hybridized carbons (Fsp3) is 0.500. The minimum Gasteiger partial charge on any atom is -0.480 e. The number of aromatic amines is 1. The number of carbonyl (C=O) groups excluding carboxylic acids is 2. The van der Waals surface area contributed by atoms with Gasteiger partial charge in [-0.15, -0.1) is 0 Å². The van der Waals surface area contributed by atoms with Crippen LogP contribution in [0.25, 0.3) is 10.9 Å². The lowest BCUT2D eigenvalue weighted by Crippen LogP contribution is -2.56. The Hall–Kier alpha value is -2.87. The molecule has 0 aliphatic heterocycles. The molecular formula is C22H32N4O4.